The van der Waals surface area contributed by atoms with Crippen LogP contribution in [-0.4, -0.2) is 46.5 Å². The number of benzene rings is 2. The average Bonchev–Trinajstić information content (AvgIpc) is 2.95. The molecule has 1 amide bonds. The summed E-state index contributed by atoms with van der Waals surface area (Å²) in [5, 5.41) is 9.76. The summed E-state index contributed by atoms with van der Waals surface area (Å²) in [4.78, 5) is 37.2. The number of ether oxygens (including phenoxy) is 1. The molecule has 0 aliphatic heterocycles. The van der Waals surface area contributed by atoms with E-state index in [9.17, 15) is 9.59 Å². The number of rotatable bonds is 10. The Morgan fingerprint density at radius 1 is 0.974 bits per heavy atom. The van der Waals surface area contributed by atoms with Crippen molar-refractivity contribution in [2.24, 2.45) is 5.92 Å². The van der Waals surface area contributed by atoms with Gasteiger partial charge >= 0.3 is 5.97 Å². The molecule has 1 fully saturated rings. The molecule has 3 N–H and O–H groups in total. The van der Waals surface area contributed by atoms with E-state index in [0.717, 1.165) is 31.2 Å². The lowest BCUT2D eigenvalue weighted by Gasteiger charge is -2.28. The first-order valence-electron chi connectivity index (χ1n) is 12.8. The second-order valence-corrected chi connectivity index (χ2v) is 9.88. The lowest BCUT2D eigenvalue weighted by molar-refractivity contribution is -0.126. The van der Waals surface area contributed by atoms with E-state index in [4.69, 9.17) is 16.3 Å². The van der Waals surface area contributed by atoms with Gasteiger partial charge in [0.25, 0.3) is 0 Å². The van der Waals surface area contributed by atoms with Crippen molar-refractivity contribution in [3.8, 4) is 0 Å². The Labute approximate surface area is 227 Å². The van der Waals surface area contributed by atoms with Crippen LogP contribution in [0.4, 0.5) is 11.9 Å². The molecule has 200 valence electrons. The van der Waals surface area contributed by atoms with Gasteiger partial charge < -0.3 is 20.7 Å². The lowest BCUT2D eigenvalue weighted by atomic mass is 9.85. The fourth-order valence-corrected chi connectivity index (χ4v) is 4.69. The third kappa shape index (κ3) is 7.64. The minimum absolute atomic E-state index is 0.0407. The molecular weight excluding hydrogens is 504 g/mol. The number of methoxy groups -OCH3 is 1. The molecule has 1 saturated carbocycles. The molecule has 10 heteroatoms. The number of hydrogen-bond acceptors (Lipinski definition) is 8. The van der Waals surface area contributed by atoms with Crippen molar-refractivity contribution in [1.82, 2.24) is 20.3 Å². The van der Waals surface area contributed by atoms with Crippen LogP contribution in [-0.2, 0) is 16.1 Å². The summed E-state index contributed by atoms with van der Waals surface area (Å²) in [5.41, 5.74) is 2.64. The fourth-order valence-electron chi connectivity index (χ4n) is 4.53. The molecule has 38 heavy (non-hydrogen) atoms. The van der Waals surface area contributed by atoms with Gasteiger partial charge in [0.05, 0.1) is 12.7 Å². The van der Waals surface area contributed by atoms with Gasteiger partial charge in [-0.15, -0.1) is 0 Å². The Hall–Kier alpha value is -3.72. The summed E-state index contributed by atoms with van der Waals surface area (Å²) >= 11 is 6.16. The minimum atomic E-state index is -0.379. The number of halogens is 1. The summed E-state index contributed by atoms with van der Waals surface area (Å²) in [6, 6.07) is 17.4. The predicted octanol–water partition coefficient (Wildman–Crippen LogP) is 4.81. The zero-order valence-electron chi connectivity index (χ0n) is 21.6. The van der Waals surface area contributed by atoms with Crippen molar-refractivity contribution >= 4 is 35.4 Å². The highest BCUT2D eigenvalue weighted by Gasteiger charge is 2.26. The topological polar surface area (TPSA) is 118 Å². The summed E-state index contributed by atoms with van der Waals surface area (Å²) in [7, 11) is 1.35. The molecule has 0 radical (unpaired) electrons. The third-order valence-corrected chi connectivity index (χ3v) is 6.99. The van der Waals surface area contributed by atoms with Gasteiger partial charge in [0.2, 0.25) is 23.1 Å². The van der Waals surface area contributed by atoms with E-state index in [-0.39, 0.29) is 35.0 Å². The largest absolute Gasteiger partial charge is 0.465 e. The highest BCUT2D eigenvalue weighted by Crippen LogP contribution is 2.27. The van der Waals surface area contributed by atoms with E-state index in [1.54, 1.807) is 12.1 Å². The van der Waals surface area contributed by atoms with Gasteiger partial charge in [0, 0.05) is 25.0 Å². The number of nitrogens with one attached hydrogen (secondary N) is 3. The van der Waals surface area contributed by atoms with Crippen molar-refractivity contribution in [3.05, 3.63) is 76.6 Å². The van der Waals surface area contributed by atoms with Gasteiger partial charge in [-0.05, 0) is 66.5 Å². The van der Waals surface area contributed by atoms with Crippen LogP contribution in [0.15, 0.2) is 54.6 Å². The summed E-state index contributed by atoms with van der Waals surface area (Å²) in [6.45, 7) is 3.22. The first-order chi connectivity index (χ1) is 18.4. The van der Waals surface area contributed by atoms with Crippen LogP contribution in [0.5, 0.6) is 0 Å². The Bertz CT molecular complexity index is 1220. The van der Waals surface area contributed by atoms with Gasteiger partial charge in [-0.25, -0.2) is 4.79 Å². The van der Waals surface area contributed by atoms with Gasteiger partial charge in [-0.2, -0.15) is 15.0 Å². The molecule has 0 saturated heterocycles. The van der Waals surface area contributed by atoms with Crippen molar-refractivity contribution < 1.29 is 14.3 Å². The number of carbonyl (C=O) groups is 2. The number of anilines is 2. The van der Waals surface area contributed by atoms with E-state index in [1.165, 1.54) is 12.7 Å². The summed E-state index contributed by atoms with van der Waals surface area (Å²) in [6.07, 6.45) is 3.18. The molecule has 1 aliphatic rings. The molecule has 1 heterocycles. The van der Waals surface area contributed by atoms with Crippen molar-refractivity contribution in [1.29, 1.82) is 0 Å². The van der Waals surface area contributed by atoms with E-state index in [0.29, 0.717) is 30.5 Å². The monoisotopic (exact) mass is 536 g/mol. The molecule has 0 spiro atoms. The van der Waals surface area contributed by atoms with E-state index >= 15 is 0 Å². The first kappa shape index (κ1) is 27.3. The van der Waals surface area contributed by atoms with Crippen LogP contribution >= 0.6 is 11.6 Å². The number of aromatic nitrogens is 3. The zero-order chi connectivity index (χ0) is 26.9. The number of carbonyl (C=O) groups excluding carboxylic acids is 2. The molecule has 1 atom stereocenters. The molecule has 1 aromatic heterocycles. The Morgan fingerprint density at radius 2 is 1.66 bits per heavy atom. The number of hydrogen-bond donors (Lipinski definition) is 3. The highest BCUT2D eigenvalue weighted by molar-refractivity contribution is 6.28. The molecule has 1 aliphatic carbocycles. The lowest BCUT2D eigenvalue weighted by Crippen LogP contribution is -2.35. The zero-order valence-corrected chi connectivity index (χ0v) is 22.4. The van der Waals surface area contributed by atoms with Crippen LogP contribution in [0.25, 0.3) is 0 Å². The van der Waals surface area contributed by atoms with E-state index in [1.807, 2.05) is 30.3 Å². The Kier molecular flexibility index (Phi) is 9.48. The van der Waals surface area contributed by atoms with Crippen molar-refractivity contribution in [3.63, 3.8) is 0 Å². The quantitative estimate of drug-likeness (QED) is 0.316. The maximum atomic E-state index is 12.7. The Balaban J connectivity index is 1.22. The van der Waals surface area contributed by atoms with Gasteiger partial charge in [-0.1, -0.05) is 49.4 Å². The van der Waals surface area contributed by atoms with E-state index < -0.39 is 0 Å². The van der Waals surface area contributed by atoms with Gasteiger partial charge in [-0.3, -0.25) is 4.79 Å². The molecular formula is C28H33ClN6O3. The summed E-state index contributed by atoms with van der Waals surface area (Å²) < 4.78 is 4.71. The Morgan fingerprint density at radius 3 is 2.34 bits per heavy atom. The average molecular weight is 537 g/mol. The first-order valence-corrected chi connectivity index (χ1v) is 13.2. The van der Waals surface area contributed by atoms with Crippen LogP contribution in [0.1, 0.15) is 60.0 Å². The van der Waals surface area contributed by atoms with Crippen molar-refractivity contribution in [2.75, 3.05) is 24.3 Å². The SMILES string of the molecule is COC(=O)c1ccc(CNC(=O)[C@H]2CC[C@@H](Nc3nc(Cl)nc(NC[C@H](C)c4ccccc4)n3)CC2)cc1. The smallest absolute Gasteiger partial charge is 0.337 e. The fraction of sp³-hybridized carbons (Fsp3) is 0.393. The molecule has 0 bridgehead atoms. The maximum Gasteiger partial charge on any atom is 0.337 e. The van der Waals surface area contributed by atoms with E-state index in [2.05, 4.69) is 50.0 Å². The maximum absolute atomic E-state index is 12.7. The standard InChI is InChI=1S/C28H33ClN6O3/c1-18(20-6-4-3-5-7-20)16-31-27-33-26(29)34-28(35-27)32-23-14-12-21(13-15-23)24(36)30-17-19-8-10-22(11-9-19)25(37)38-2/h3-11,18,21,23H,12-17H2,1-2H3,(H,30,36)(H2,31,32,33,34,35)/t18-,21-,23+/m0/s1. The summed E-state index contributed by atoms with van der Waals surface area (Å²) in [5.74, 6) is 0.772. The molecule has 3 aromatic rings. The molecule has 9 nitrogen and oxygen atoms in total. The third-order valence-electron chi connectivity index (χ3n) is 6.82. The minimum Gasteiger partial charge on any atom is -0.465 e. The second-order valence-electron chi connectivity index (χ2n) is 9.54. The number of esters is 1. The van der Waals surface area contributed by atoms with Gasteiger partial charge in [0.1, 0.15) is 0 Å². The molecule has 2 aromatic carbocycles. The molecule has 4 rings (SSSR count). The normalized spacial score (nSPS) is 17.8. The number of amides is 1. The van der Waals surface area contributed by atoms with Crippen LogP contribution in [0.3, 0.4) is 0 Å². The van der Waals surface area contributed by atoms with Crippen molar-refractivity contribution in [2.45, 2.75) is 51.1 Å². The van der Waals surface area contributed by atoms with Crippen LogP contribution in [0, 0.1) is 5.92 Å². The van der Waals surface area contributed by atoms with Crippen LogP contribution < -0.4 is 16.0 Å². The van der Waals surface area contributed by atoms with Gasteiger partial charge in [0.15, 0.2) is 0 Å². The predicted molar refractivity (Wildman–Crippen MR) is 147 cm³/mol. The number of nitrogens with zero attached hydrogens (tertiary/aromatic N) is 3. The highest BCUT2D eigenvalue weighted by atomic mass is 35.5. The van der Waals surface area contributed by atoms with Crippen LogP contribution in [0.2, 0.25) is 5.28 Å². The molecule has 0 unspecified atom stereocenters. The second kappa shape index (κ2) is 13.2.